The molecular weight excluding hydrogens is 304 g/mol. The van der Waals surface area contributed by atoms with E-state index >= 15 is 0 Å². The Hall–Kier alpha value is -0.400. The van der Waals surface area contributed by atoms with Crippen molar-refractivity contribution in [1.29, 1.82) is 0 Å². The molecule has 10 heteroatoms. The molecule has 0 bridgehead atoms. The molecule has 0 aromatic rings. The van der Waals surface area contributed by atoms with Crippen molar-refractivity contribution >= 4 is 0 Å². The van der Waals surface area contributed by atoms with E-state index in [1.807, 2.05) is 0 Å². The lowest BCUT2D eigenvalue weighted by molar-refractivity contribution is -0.336. The molecule has 0 aromatic heterocycles. The van der Waals surface area contributed by atoms with Gasteiger partial charge in [0, 0.05) is 0 Å². The Labute approximate surface area is 126 Å². The van der Waals surface area contributed by atoms with E-state index in [0.29, 0.717) is 0 Å². The molecule has 2 aliphatic heterocycles. The summed E-state index contributed by atoms with van der Waals surface area (Å²) in [6.07, 6.45) is -12.3. The molecule has 0 aliphatic carbocycles. The van der Waals surface area contributed by atoms with Gasteiger partial charge in [0.25, 0.3) is 0 Å². The molecule has 2 aliphatic rings. The Bertz CT molecular complexity index is 351. The molecule has 0 aromatic carbocycles. The maximum absolute atomic E-state index is 9.93. The van der Waals surface area contributed by atoms with E-state index in [1.165, 1.54) is 0 Å². The van der Waals surface area contributed by atoms with Crippen molar-refractivity contribution in [3.63, 3.8) is 0 Å². The smallest absolute Gasteiger partial charge is 0.187 e. The highest BCUT2D eigenvalue weighted by molar-refractivity contribution is 4.92. The van der Waals surface area contributed by atoms with Crippen molar-refractivity contribution in [3.8, 4) is 0 Å². The van der Waals surface area contributed by atoms with Crippen molar-refractivity contribution in [2.75, 3.05) is 19.8 Å². The molecule has 0 saturated carbocycles. The SMILES string of the molecule is OCC1O[C@@H](O[C@@H]2C(CO)OCC(O)C2O)C(O)C(O)[C@H]1O. The number of hydrogen-bond acceptors (Lipinski definition) is 10. The molecule has 7 N–H and O–H groups in total. The molecule has 130 valence electrons. The third-order valence-corrected chi connectivity index (χ3v) is 3.90. The summed E-state index contributed by atoms with van der Waals surface area (Å²) in [6, 6.07) is 0. The highest BCUT2D eigenvalue weighted by Gasteiger charge is 2.48. The van der Waals surface area contributed by atoms with Crippen LogP contribution in [-0.4, -0.2) is 111 Å². The lowest BCUT2D eigenvalue weighted by Gasteiger charge is -2.44. The largest absolute Gasteiger partial charge is 0.394 e. The Morgan fingerprint density at radius 2 is 1.45 bits per heavy atom. The number of hydrogen-bond donors (Lipinski definition) is 7. The van der Waals surface area contributed by atoms with Crippen LogP contribution in [0.25, 0.3) is 0 Å². The minimum absolute atomic E-state index is 0.194. The Kier molecular flexibility index (Phi) is 6.07. The summed E-state index contributed by atoms with van der Waals surface area (Å²) in [5, 5.41) is 67.0. The maximum Gasteiger partial charge on any atom is 0.187 e. The summed E-state index contributed by atoms with van der Waals surface area (Å²) in [4.78, 5) is 0. The van der Waals surface area contributed by atoms with Crippen LogP contribution in [0.1, 0.15) is 0 Å². The Morgan fingerprint density at radius 1 is 0.818 bits per heavy atom. The van der Waals surface area contributed by atoms with E-state index in [-0.39, 0.29) is 6.61 Å². The molecule has 0 spiro atoms. The summed E-state index contributed by atoms with van der Waals surface area (Å²) >= 11 is 0. The third kappa shape index (κ3) is 3.41. The standard InChI is InChI=1S/C12H22O10/c13-1-5-8(17)9(18)10(19)12(21-5)22-11-6(2-14)20-3-4(15)7(11)16/h4-19H,1-3H2/t4?,5?,6?,7?,8-,9?,10?,11+,12-/m0/s1. The number of aliphatic hydroxyl groups is 7. The summed E-state index contributed by atoms with van der Waals surface area (Å²) in [7, 11) is 0. The van der Waals surface area contributed by atoms with Gasteiger partial charge in [-0.3, -0.25) is 0 Å². The fourth-order valence-electron chi connectivity index (χ4n) is 2.51. The van der Waals surface area contributed by atoms with Gasteiger partial charge in [0.15, 0.2) is 6.29 Å². The van der Waals surface area contributed by atoms with E-state index in [0.717, 1.165) is 0 Å². The van der Waals surface area contributed by atoms with Crippen molar-refractivity contribution < 1.29 is 50.0 Å². The molecule has 0 amide bonds. The minimum Gasteiger partial charge on any atom is -0.394 e. The van der Waals surface area contributed by atoms with Gasteiger partial charge in [0.05, 0.1) is 19.8 Å². The quantitative estimate of drug-likeness (QED) is 0.266. The molecule has 10 nitrogen and oxygen atoms in total. The summed E-state index contributed by atoms with van der Waals surface area (Å²) in [5.41, 5.74) is 0. The zero-order chi connectivity index (χ0) is 16.4. The van der Waals surface area contributed by atoms with Crippen LogP contribution in [0.15, 0.2) is 0 Å². The Morgan fingerprint density at radius 3 is 2.05 bits per heavy atom. The molecular formula is C12H22O10. The fourth-order valence-corrected chi connectivity index (χ4v) is 2.51. The van der Waals surface area contributed by atoms with Crippen LogP contribution in [0, 0.1) is 0 Å². The van der Waals surface area contributed by atoms with Gasteiger partial charge in [-0.25, -0.2) is 0 Å². The van der Waals surface area contributed by atoms with E-state index in [4.69, 9.17) is 19.3 Å². The van der Waals surface area contributed by atoms with Gasteiger partial charge in [-0.15, -0.1) is 0 Å². The first-order valence-electron chi connectivity index (χ1n) is 6.95. The molecule has 2 fully saturated rings. The van der Waals surface area contributed by atoms with Gasteiger partial charge in [0.2, 0.25) is 0 Å². The highest BCUT2D eigenvalue weighted by Crippen LogP contribution is 2.27. The number of rotatable bonds is 4. The first kappa shape index (κ1) is 17.9. The van der Waals surface area contributed by atoms with Crippen LogP contribution >= 0.6 is 0 Å². The van der Waals surface area contributed by atoms with E-state index < -0.39 is 68.3 Å². The van der Waals surface area contributed by atoms with Crippen molar-refractivity contribution in [2.24, 2.45) is 0 Å². The molecule has 22 heavy (non-hydrogen) atoms. The number of aliphatic hydroxyl groups excluding tert-OH is 7. The lowest BCUT2D eigenvalue weighted by Crippen LogP contribution is -2.63. The first-order chi connectivity index (χ1) is 10.4. The molecule has 0 radical (unpaired) electrons. The van der Waals surface area contributed by atoms with Gasteiger partial charge in [0.1, 0.15) is 48.8 Å². The predicted octanol–water partition coefficient (Wildman–Crippen LogP) is -4.72. The van der Waals surface area contributed by atoms with Crippen LogP contribution in [0.4, 0.5) is 0 Å². The second-order valence-electron chi connectivity index (χ2n) is 5.41. The van der Waals surface area contributed by atoms with Gasteiger partial charge in [-0.2, -0.15) is 0 Å². The summed E-state index contributed by atoms with van der Waals surface area (Å²) < 4.78 is 15.6. The van der Waals surface area contributed by atoms with Gasteiger partial charge in [-0.05, 0) is 0 Å². The van der Waals surface area contributed by atoms with Crippen LogP contribution in [0.2, 0.25) is 0 Å². The molecule has 2 saturated heterocycles. The van der Waals surface area contributed by atoms with E-state index in [9.17, 15) is 30.6 Å². The van der Waals surface area contributed by atoms with Crippen LogP contribution in [-0.2, 0) is 14.2 Å². The number of ether oxygens (including phenoxy) is 3. The second-order valence-corrected chi connectivity index (χ2v) is 5.41. The maximum atomic E-state index is 9.93. The molecule has 2 rings (SSSR count). The van der Waals surface area contributed by atoms with E-state index in [2.05, 4.69) is 0 Å². The molecule has 2 heterocycles. The third-order valence-electron chi connectivity index (χ3n) is 3.90. The first-order valence-corrected chi connectivity index (χ1v) is 6.95. The normalized spacial score (nSPS) is 50.0. The van der Waals surface area contributed by atoms with Crippen LogP contribution < -0.4 is 0 Å². The topological polar surface area (TPSA) is 169 Å². The lowest BCUT2D eigenvalue weighted by atomic mass is 9.97. The van der Waals surface area contributed by atoms with Crippen LogP contribution in [0.5, 0.6) is 0 Å². The molecule has 6 unspecified atom stereocenters. The van der Waals surface area contributed by atoms with E-state index in [1.54, 1.807) is 0 Å². The van der Waals surface area contributed by atoms with Crippen molar-refractivity contribution in [2.45, 2.75) is 55.1 Å². The van der Waals surface area contributed by atoms with Gasteiger partial charge in [-0.1, -0.05) is 0 Å². The van der Waals surface area contributed by atoms with Crippen molar-refractivity contribution in [3.05, 3.63) is 0 Å². The average Bonchev–Trinajstić information content (AvgIpc) is 2.52. The molecule has 9 atom stereocenters. The zero-order valence-corrected chi connectivity index (χ0v) is 11.7. The van der Waals surface area contributed by atoms with Gasteiger partial charge >= 0.3 is 0 Å². The Balaban J connectivity index is 2.09. The summed E-state index contributed by atoms with van der Waals surface area (Å²) in [6.45, 7) is -1.33. The second kappa shape index (κ2) is 7.45. The van der Waals surface area contributed by atoms with Crippen molar-refractivity contribution in [1.82, 2.24) is 0 Å². The fraction of sp³-hybridized carbons (Fsp3) is 1.00. The monoisotopic (exact) mass is 326 g/mol. The minimum atomic E-state index is -1.65. The predicted molar refractivity (Wildman–Crippen MR) is 67.5 cm³/mol. The van der Waals surface area contributed by atoms with Gasteiger partial charge < -0.3 is 50.0 Å². The summed E-state index contributed by atoms with van der Waals surface area (Å²) in [5.74, 6) is 0. The average molecular weight is 326 g/mol. The zero-order valence-electron chi connectivity index (χ0n) is 11.7. The van der Waals surface area contributed by atoms with Crippen LogP contribution in [0.3, 0.4) is 0 Å². The highest BCUT2D eigenvalue weighted by atomic mass is 16.7.